The van der Waals surface area contributed by atoms with Crippen molar-refractivity contribution in [3.8, 4) is 5.75 Å². The first-order chi connectivity index (χ1) is 9.40. The van der Waals surface area contributed by atoms with E-state index in [2.05, 4.69) is 10.0 Å². The van der Waals surface area contributed by atoms with Crippen molar-refractivity contribution >= 4 is 10.0 Å². The lowest BCUT2D eigenvalue weighted by atomic mass is 9.80. The van der Waals surface area contributed by atoms with Crippen molar-refractivity contribution < 1.29 is 13.2 Å². The van der Waals surface area contributed by atoms with E-state index in [-0.39, 0.29) is 10.4 Å². The second kappa shape index (κ2) is 5.71. The normalized spacial score (nSPS) is 17.6. The van der Waals surface area contributed by atoms with Crippen molar-refractivity contribution in [1.29, 1.82) is 0 Å². The Labute approximate surface area is 120 Å². The van der Waals surface area contributed by atoms with Gasteiger partial charge in [0.2, 0.25) is 10.0 Å². The number of benzene rings is 1. The maximum atomic E-state index is 12.5. The first-order valence-electron chi connectivity index (χ1n) is 6.76. The lowest BCUT2D eigenvalue weighted by Gasteiger charge is -2.38. The molecule has 0 radical (unpaired) electrons. The van der Waals surface area contributed by atoms with Gasteiger partial charge in [-0.05, 0) is 50.9 Å². The summed E-state index contributed by atoms with van der Waals surface area (Å²) in [6.07, 6.45) is 2.83. The number of hydrogen-bond donors (Lipinski definition) is 2. The number of methoxy groups -OCH3 is 1. The highest BCUT2D eigenvalue weighted by Crippen LogP contribution is 2.34. The predicted molar refractivity (Wildman–Crippen MR) is 78.3 cm³/mol. The van der Waals surface area contributed by atoms with Gasteiger partial charge in [-0.3, -0.25) is 0 Å². The second-order valence-corrected chi connectivity index (χ2v) is 7.19. The Hall–Kier alpha value is -1.11. The van der Waals surface area contributed by atoms with Crippen LogP contribution < -0.4 is 14.8 Å². The van der Waals surface area contributed by atoms with Crippen LogP contribution in [0.15, 0.2) is 23.1 Å². The molecule has 0 bridgehead atoms. The van der Waals surface area contributed by atoms with Gasteiger partial charge in [0, 0.05) is 12.1 Å². The maximum absolute atomic E-state index is 12.5. The molecule has 1 aliphatic carbocycles. The van der Waals surface area contributed by atoms with Gasteiger partial charge in [0.15, 0.2) is 0 Å². The largest absolute Gasteiger partial charge is 0.495 e. The average Bonchev–Trinajstić information content (AvgIpc) is 2.36. The molecule has 112 valence electrons. The van der Waals surface area contributed by atoms with Crippen LogP contribution in [0, 0.1) is 0 Å². The number of ether oxygens (including phenoxy) is 1. The van der Waals surface area contributed by atoms with Gasteiger partial charge in [-0.25, -0.2) is 13.1 Å². The summed E-state index contributed by atoms with van der Waals surface area (Å²) < 4.78 is 33.0. The van der Waals surface area contributed by atoms with Crippen LogP contribution in [-0.4, -0.2) is 28.1 Å². The van der Waals surface area contributed by atoms with Gasteiger partial charge in [-0.15, -0.1) is 0 Å². The van der Waals surface area contributed by atoms with Gasteiger partial charge in [0.1, 0.15) is 10.6 Å². The lowest BCUT2D eigenvalue weighted by molar-refractivity contribution is 0.247. The Morgan fingerprint density at radius 1 is 1.35 bits per heavy atom. The summed E-state index contributed by atoms with van der Waals surface area (Å²) in [4.78, 5) is 0.202. The van der Waals surface area contributed by atoms with Gasteiger partial charge < -0.3 is 10.1 Å². The van der Waals surface area contributed by atoms with Crippen LogP contribution >= 0.6 is 0 Å². The first-order valence-corrected chi connectivity index (χ1v) is 8.24. The molecule has 0 amide bonds. The van der Waals surface area contributed by atoms with E-state index in [1.54, 1.807) is 18.2 Å². The van der Waals surface area contributed by atoms with Crippen LogP contribution in [0.4, 0.5) is 0 Å². The summed E-state index contributed by atoms with van der Waals surface area (Å²) in [7, 11) is -0.217. The smallest absolute Gasteiger partial charge is 0.244 e. The van der Waals surface area contributed by atoms with Crippen LogP contribution in [0.3, 0.4) is 0 Å². The minimum atomic E-state index is -3.55. The van der Waals surface area contributed by atoms with Crippen molar-refractivity contribution in [2.24, 2.45) is 0 Å². The maximum Gasteiger partial charge on any atom is 0.244 e. The zero-order chi connectivity index (χ0) is 14.8. The molecule has 1 aromatic rings. The molecule has 20 heavy (non-hydrogen) atoms. The third-order valence-corrected chi connectivity index (χ3v) is 5.41. The Morgan fingerprint density at radius 2 is 2.05 bits per heavy atom. The molecular weight excluding hydrogens is 276 g/mol. The minimum absolute atomic E-state index is 0.202. The highest BCUT2D eigenvalue weighted by molar-refractivity contribution is 7.89. The van der Waals surface area contributed by atoms with E-state index >= 15 is 0 Å². The monoisotopic (exact) mass is 298 g/mol. The molecule has 0 atom stereocenters. The molecule has 1 aromatic carbocycles. The van der Waals surface area contributed by atoms with E-state index in [1.165, 1.54) is 7.11 Å². The van der Waals surface area contributed by atoms with Gasteiger partial charge in [-0.2, -0.15) is 0 Å². The number of nitrogens with one attached hydrogen (secondary N) is 2. The number of sulfonamides is 1. The molecule has 6 heteroatoms. The van der Waals surface area contributed by atoms with Crippen LogP contribution in [-0.2, 0) is 16.6 Å². The van der Waals surface area contributed by atoms with Gasteiger partial charge in [0.25, 0.3) is 0 Å². The summed E-state index contributed by atoms with van der Waals surface area (Å²) in [6, 6.07) is 5.17. The molecule has 0 spiro atoms. The van der Waals surface area contributed by atoms with Gasteiger partial charge in [0.05, 0.1) is 7.11 Å². The topological polar surface area (TPSA) is 67.4 Å². The van der Waals surface area contributed by atoms with Gasteiger partial charge in [-0.1, -0.05) is 6.07 Å². The third-order valence-electron chi connectivity index (χ3n) is 3.74. The summed E-state index contributed by atoms with van der Waals surface area (Å²) in [5.74, 6) is 0.383. The van der Waals surface area contributed by atoms with Gasteiger partial charge >= 0.3 is 0 Å². The molecule has 1 fully saturated rings. The Bertz CT molecular complexity index is 580. The summed E-state index contributed by atoms with van der Waals surface area (Å²) >= 11 is 0. The minimum Gasteiger partial charge on any atom is -0.495 e. The quantitative estimate of drug-likeness (QED) is 0.838. The van der Waals surface area contributed by atoms with Crippen LogP contribution in [0.2, 0.25) is 0 Å². The highest BCUT2D eigenvalue weighted by Gasteiger charge is 2.37. The zero-order valence-electron chi connectivity index (χ0n) is 12.2. The zero-order valence-corrected chi connectivity index (χ0v) is 13.0. The number of rotatable bonds is 6. The Morgan fingerprint density at radius 3 is 2.55 bits per heavy atom. The fraction of sp³-hybridized carbons (Fsp3) is 0.571. The predicted octanol–water partition coefficient (Wildman–Crippen LogP) is 1.64. The summed E-state index contributed by atoms with van der Waals surface area (Å²) in [6.45, 7) is 2.61. The van der Waals surface area contributed by atoms with E-state index in [9.17, 15) is 8.42 Å². The van der Waals surface area contributed by atoms with Crippen LogP contribution in [0.5, 0.6) is 5.75 Å². The molecule has 1 aliphatic rings. The number of hydrogen-bond acceptors (Lipinski definition) is 4. The van der Waals surface area contributed by atoms with Crippen molar-refractivity contribution in [1.82, 2.24) is 10.0 Å². The Kier molecular flexibility index (Phi) is 4.36. The standard InChI is InChI=1S/C14H22N2O3S/c1-14(7-4-8-14)16-20(17,18)13-6-5-11(10-15-2)9-12(13)19-3/h5-6,9,15-16H,4,7-8,10H2,1-3H3. The molecule has 0 aliphatic heterocycles. The molecule has 2 rings (SSSR count). The van der Waals surface area contributed by atoms with E-state index in [0.717, 1.165) is 24.8 Å². The van der Waals surface area contributed by atoms with E-state index in [4.69, 9.17) is 4.74 Å². The summed E-state index contributed by atoms with van der Waals surface area (Å²) in [5, 5.41) is 3.03. The second-order valence-electron chi connectivity index (χ2n) is 5.54. The molecule has 5 nitrogen and oxygen atoms in total. The third kappa shape index (κ3) is 3.13. The average molecular weight is 298 g/mol. The fourth-order valence-corrected chi connectivity index (χ4v) is 4.05. The van der Waals surface area contributed by atoms with Crippen molar-refractivity contribution in [2.45, 2.75) is 43.2 Å². The molecule has 0 heterocycles. The first kappa shape index (κ1) is 15.3. The van der Waals surface area contributed by atoms with E-state index in [0.29, 0.717) is 12.3 Å². The molecule has 2 N–H and O–H groups in total. The van der Waals surface area contributed by atoms with Crippen LogP contribution in [0.1, 0.15) is 31.7 Å². The van der Waals surface area contributed by atoms with Crippen molar-refractivity contribution in [3.05, 3.63) is 23.8 Å². The Balaban J connectivity index is 2.30. The lowest BCUT2D eigenvalue weighted by Crippen LogP contribution is -2.50. The molecule has 0 aromatic heterocycles. The van der Waals surface area contributed by atoms with Crippen molar-refractivity contribution in [3.63, 3.8) is 0 Å². The summed E-state index contributed by atoms with van der Waals surface area (Å²) in [5.41, 5.74) is 0.672. The van der Waals surface area contributed by atoms with E-state index in [1.807, 2.05) is 14.0 Å². The molecular formula is C14H22N2O3S. The fourth-order valence-electron chi connectivity index (χ4n) is 2.44. The SMILES string of the molecule is CNCc1ccc(S(=O)(=O)NC2(C)CCC2)c(OC)c1. The highest BCUT2D eigenvalue weighted by atomic mass is 32.2. The molecule has 0 saturated heterocycles. The van der Waals surface area contributed by atoms with E-state index < -0.39 is 10.0 Å². The van der Waals surface area contributed by atoms with Crippen molar-refractivity contribution in [2.75, 3.05) is 14.2 Å². The van der Waals surface area contributed by atoms with Crippen LogP contribution in [0.25, 0.3) is 0 Å². The molecule has 0 unspecified atom stereocenters. The molecule has 1 saturated carbocycles.